The second-order valence-corrected chi connectivity index (χ2v) is 8.80. The van der Waals surface area contributed by atoms with Crippen molar-refractivity contribution >= 4 is 11.5 Å². The van der Waals surface area contributed by atoms with Crippen LogP contribution in [0.15, 0.2) is 34.9 Å². The summed E-state index contributed by atoms with van der Waals surface area (Å²) in [7, 11) is 1.72. The highest BCUT2D eigenvalue weighted by Crippen LogP contribution is 2.45. The van der Waals surface area contributed by atoms with Crippen LogP contribution >= 0.6 is 0 Å². The first-order valence-corrected chi connectivity index (χ1v) is 11.4. The molecule has 0 bridgehead atoms. The van der Waals surface area contributed by atoms with Crippen LogP contribution in [0.2, 0.25) is 0 Å². The molecule has 0 aromatic heterocycles. The van der Waals surface area contributed by atoms with Gasteiger partial charge in [0.2, 0.25) is 0 Å². The summed E-state index contributed by atoms with van der Waals surface area (Å²) in [6, 6.07) is 7.65. The van der Waals surface area contributed by atoms with Crippen LogP contribution in [-0.2, 0) is 9.53 Å². The number of unbranched alkanes of at least 4 members (excludes halogenated alkanes) is 1. The molecular weight excluding hydrogens is 386 g/mol. The molecule has 31 heavy (non-hydrogen) atoms. The third-order valence-corrected chi connectivity index (χ3v) is 6.24. The lowest BCUT2D eigenvalue weighted by molar-refractivity contribution is -0.131. The van der Waals surface area contributed by atoms with Gasteiger partial charge >= 0.3 is 5.97 Å². The minimum Gasteiger partial charge on any atom is -0.425 e. The zero-order chi connectivity index (χ0) is 23.0. The molecule has 1 saturated carbocycles. The molecule has 1 aliphatic carbocycles. The predicted molar refractivity (Wildman–Crippen MR) is 126 cm³/mol. The molecule has 1 aliphatic rings. The van der Waals surface area contributed by atoms with Gasteiger partial charge in [-0.25, -0.2) is 0 Å². The van der Waals surface area contributed by atoms with E-state index in [9.17, 15) is 10.1 Å². The largest absolute Gasteiger partial charge is 0.425 e. The number of nitrogens with zero attached hydrogens (tertiary/aromatic N) is 1. The molecule has 0 radical (unpaired) electrons. The Balaban J connectivity index is 2.68. The maximum atomic E-state index is 11.6. The van der Waals surface area contributed by atoms with E-state index in [0.717, 1.165) is 30.4 Å². The fraction of sp³-hybridized carbons (Fsp3) is 0.556. The van der Waals surface area contributed by atoms with Gasteiger partial charge in [0, 0.05) is 20.0 Å². The summed E-state index contributed by atoms with van der Waals surface area (Å²) >= 11 is 0. The minimum absolute atomic E-state index is 0.315. The Hall–Kier alpha value is -2.38. The van der Waals surface area contributed by atoms with Crippen LogP contribution in [0.5, 0.6) is 5.75 Å². The van der Waals surface area contributed by atoms with Gasteiger partial charge in [-0.05, 0) is 68.7 Å². The third kappa shape index (κ3) is 6.31. The zero-order valence-corrected chi connectivity index (χ0v) is 20.0. The van der Waals surface area contributed by atoms with Crippen molar-refractivity contribution in [2.24, 2.45) is 11.8 Å². The Labute approximate surface area is 187 Å². The van der Waals surface area contributed by atoms with Crippen molar-refractivity contribution < 1.29 is 14.3 Å². The van der Waals surface area contributed by atoms with Crippen LogP contribution in [-0.4, -0.2) is 19.7 Å². The second kappa shape index (κ2) is 11.9. The molecule has 0 heterocycles. The van der Waals surface area contributed by atoms with Crippen LogP contribution in [0.4, 0.5) is 0 Å². The van der Waals surface area contributed by atoms with Gasteiger partial charge in [-0.3, -0.25) is 4.79 Å². The highest BCUT2D eigenvalue weighted by Gasteiger charge is 2.31. The van der Waals surface area contributed by atoms with Crippen molar-refractivity contribution in [1.82, 2.24) is 0 Å². The van der Waals surface area contributed by atoms with Gasteiger partial charge in [0.1, 0.15) is 11.8 Å². The Morgan fingerprint density at radius 2 is 1.97 bits per heavy atom. The van der Waals surface area contributed by atoms with E-state index in [2.05, 4.69) is 33.8 Å². The van der Waals surface area contributed by atoms with Crippen molar-refractivity contribution in [1.29, 1.82) is 5.26 Å². The summed E-state index contributed by atoms with van der Waals surface area (Å²) in [5.74, 6) is 0.756. The lowest BCUT2D eigenvalue weighted by atomic mass is 9.69. The number of hydrogen-bond donors (Lipinski definition) is 0. The smallest absolute Gasteiger partial charge is 0.308 e. The highest BCUT2D eigenvalue weighted by molar-refractivity contribution is 5.75. The number of hydrogen-bond acceptors (Lipinski definition) is 4. The number of carbonyl (C=O) groups excluding carboxylic acids is 1. The molecule has 1 aromatic carbocycles. The van der Waals surface area contributed by atoms with Gasteiger partial charge < -0.3 is 9.47 Å². The van der Waals surface area contributed by atoms with Crippen LogP contribution < -0.4 is 4.74 Å². The number of ether oxygens (including phenoxy) is 2. The molecule has 4 heteroatoms. The summed E-state index contributed by atoms with van der Waals surface area (Å²) in [5, 5.41) is 9.43. The quantitative estimate of drug-likeness (QED) is 0.261. The lowest BCUT2D eigenvalue weighted by Crippen LogP contribution is -2.23. The Bertz CT molecular complexity index is 884. The summed E-state index contributed by atoms with van der Waals surface area (Å²) in [5.41, 5.74) is 6.91. The van der Waals surface area contributed by atoms with Gasteiger partial charge in [-0.15, -0.1) is 0 Å². The van der Waals surface area contributed by atoms with Crippen molar-refractivity contribution in [3.8, 4) is 11.8 Å². The van der Waals surface area contributed by atoms with Crippen LogP contribution in [0.3, 0.4) is 0 Å². The van der Waals surface area contributed by atoms with E-state index in [-0.39, 0.29) is 0 Å². The fourth-order valence-electron chi connectivity index (χ4n) is 4.81. The van der Waals surface area contributed by atoms with Crippen molar-refractivity contribution in [2.75, 3.05) is 13.7 Å². The summed E-state index contributed by atoms with van der Waals surface area (Å²) in [6.45, 7) is 10.9. The molecule has 2 atom stereocenters. The number of benzene rings is 1. The average molecular weight is 424 g/mol. The maximum absolute atomic E-state index is 11.6. The van der Waals surface area contributed by atoms with E-state index < -0.39 is 5.97 Å². The topological polar surface area (TPSA) is 59.3 Å². The molecule has 1 fully saturated rings. The normalized spacial score (nSPS) is 20.0. The van der Waals surface area contributed by atoms with Crippen molar-refractivity contribution in [3.63, 3.8) is 0 Å². The second-order valence-electron chi connectivity index (χ2n) is 8.80. The van der Waals surface area contributed by atoms with E-state index >= 15 is 0 Å². The molecule has 0 saturated heterocycles. The number of nitriles is 1. The van der Waals surface area contributed by atoms with E-state index in [1.807, 2.05) is 12.1 Å². The van der Waals surface area contributed by atoms with Gasteiger partial charge in [0.25, 0.3) is 0 Å². The fourth-order valence-corrected chi connectivity index (χ4v) is 4.81. The summed E-state index contributed by atoms with van der Waals surface area (Å²) in [4.78, 5) is 11.6. The standard InChI is InChI=1S/C27H37NO3/c1-7-8-11-23(18(2)3)24-12-9-10-19(4)27(24)25(17-30-6)21-13-14-22(16-28)26(15-21)31-20(5)29/h13-15,19,24H,7-12,17H2,1-6H3. The number of allylic oxidation sites excluding steroid dienone is 3. The molecule has 0 spiro atoms. The Kier molecular flexibility index (Phi) is 9.52. The monoisotopic (exact) mass is 423 g/mol. The molecule has 4 nitrogen and oxygen atoms in total. The van der Waals surface area contributed by atoms with Crippen LogP contribution in [0, 0.1) is 23.2 Å². The lowest BCUT2D eigenvalue weighted by Gasteiger charge is -2.36. The first-order chi connectivity index (χ1) is 14.8. The van der Waals surface area contributed by atoms with Gasteiger partial charge in [-0.1, -0.05) is 49.5 Å². The molecule has 1 aromatic rings. The zero-order valence-electron chi connectivity index (χ0n) is 20.0. The predicted octanol–water partition coefficient (Wildman–Crippen LogP) is 6.85. The van der Waals surface area contributed by atoms with Gasteiger partial charge in [0.15, 0.2) is 0 Å². The molecular formula is C27H37NO3. The Morgan fingerprint density at radius 1 is 1.23 bits per heavy atom. The number of esters is 1. The van der Waals surface area contributed by atoms with E-state index in [1.54, 1.807) is 18.7 Å². The molecule has 0 amide bonds. The molecule has 2 rings (SSSR count). The van der Waals surface area contributed by atoms with Crippen LogP contribution in [0.25, 0.3) is 5.57 Å². The maximum Gasteiger partial charge on any atom is 0.308 e. The highest BCUT2D eigenvalue weighted by atomic mass is 16.5. The Morgan fingerprint density at radius 3 is 2.55 bits per heavy atom. The van der Waals surface area contributed by atoms with E-state index in [1.165, 1.54) is 37.3 Å². The number of rotatable bonds is 8. The minimum atomic E-state index is -0.426. The van der Waals surface area contributed by atoms with Crippen LogP contribution in [0.1, 0.15) is 84.3 Å². The SMILES string of the molecule is CCCCC(=C(C)C)C1CCCC(C)C1=C(COC)c1ccc(C#N)c(OC(C)=O)c1. The average Bonchev–Trinajstić information content (AvgIpc) is 2.72. The molecule has 168 valence electrons. The van der Waals surface area contributed by atoms with Gasteiger partial charge in [-0.2, -0.15) is 5.26 Å². The van der Waals surface area contributed by atoms with Gasteiger partial charge in [0.05, 0.1) is 12.2 Å². The van der Waals surface area contributed by atoms with Crippen molar-refractivity contribution in [3.05, 3.63) is 46.0 Å². The molecule has 0 N–H and O–H groups in total. The number of methoxy groups -OCH3 is 1. The van der Waals surface area contributed by atoms with E-state index in [4.69, 9.17) is 9.47 Å². The number of carbonyl (C=O) groups is 1. The first-order valence-electron chi connectivity index (χ1n) is 11.4. The first kappa shape index (κ1) is 24.9. The van der Waals surface area contributed by atoms with Crippen molar-refractivity contribution in [2.45, 2.75) is 73.1 Å². The summed E-state index contributed by atoms with van der Waals surface area (Å²) in [6.07, 6.45) is 7.06. The summed E-state index contributed by atoms with van der Waals surface area (Å²) < 4.78 is 11.0. The third-order valence-electron chi connectivity index (χ3n) is 6.24. The van der Waals surface area contributed by atoms with E-state index in [0.29, 0.717) is 29.8 Å². The molecule has 0 aliphatic heterocycles. The molecule has 2 unspecified atom stereocenters.